The molecule has 6 rings (SSSR count). The Balaban J connectivity index is 1.09. The van der Waals surface area contributed by atoms with Crippen molar-refractivity contribution in [3.05, 3.63) is 93.9 Å². The number of carbonyl (C=O) groups excluding carboxylic acids is 2. The van der Waals surface area contributed by atoms with Gasteiger partial charge in [-0.2, -0.15) is 0 Å². The summed E-state index contributed by atoms with van der Waals surface area (Å²) < 4.78 is 19.5. The number of hydrogen-bond acceptors (Lipinski definition) is 7. The van der Waals surface area contributed by atoms with Gasteiger partial charge in [-0.1, -0.05) is 36.9 Å². The van der Waals surface area contributed by atoms with Gasteiger partial charge in [0.25, 0.3) is 11.1 Å². The molecule has 1 unspecified atom stereocenters. The number of benzene rings is 3. The molecule has 0 spiro atoms. The number of thioether (sulfide) groups is 1. The molecule has 3 aliphatic rings. The Bertz CT molecular complexity index is 1590. The van der Waals surface area contributed by atoms with Gasteiger partial charge in [0.05, 0.1) is 10.6 Å². The number of ether oxygens (including phenoxy) is 3. The van der Waals surface area contributed by atoms with Crippen molar-refractivity contribution in [1.29, 1.82) is 0 Å². The van der Waals surface area contributed by atoms with E-state index >= 15 is 0 Å². The molecular formula is C36H40N2O5S. The first-order valence-corrected chi connectivity index (χ1v) is 16.2. The lowest BCUT2D eigenvalue weighted by Crippen LogP contribution is -2.50. The van der Waals surface area contributed by atoms with Gasteiger partial charge in [-0.25, -0.2) is 4.90 Å². The summed E-state index contributed by atoms with van der Waals surface area (Å²) in [4.78, 5) is 28.3. The Morgan fingerprint density at radius 2 is 1.75 bits per heavy atom. The molecule has 3 heterocycles. The molecule has 3 aliphatic heterocycles. The summed E-state index contributed by atoms with van der Waals surface area (Å²) in [5.41, 5.74) is 6.13. The molecule has 0 aliphatic carbocycles. The molecule has 44 heavy (non-hydrogen) atoms. The largest absolute Gasteiger partial charge is 0.492 e. The van der Waals surface area contributed by atoms with Crippen molar-refractivity contribution in [2.45, 2.75) is 71.6 Å². The number of carbonyl (C=O) groups is 2. The van der Waals surface area contributed by atoms with E-state index < -0.39 is 0 Å². The van der Waals surface area contributed by atoms with Crippen molar-refractivity contribution in [1.82, 2.24) is 4.90 Å². The van der Waals surface area contributed by atoms with Crippen LogP contribution in [0.3, 0.4) is 0 Å². The molecular weight excluding hydrogens is 572 g/mol. The molecule has 0 aromatic heterocycles. The molecule has 0 bridgehead atoms. The van der Waals surface area contributed by atoms with Gasteiger partial charge in [0.15, 0.2) is 0 Å². The lowest BCUT2D eigenvalue weighted by Gasteiger charge is -2.41. The van der Waals surface area contributed by atoms with Crippen molar-refractivity contribution < 1.29 is 23.8 Å². The van der Waals surface area contributed by atoms with Gasteiger partial charge in [0, 0.05) is 18.2 Å². The predicted octanol–water partition coefficient (Wildman–Crippen LogP) is 7.53. The van der Waals surface area contributed by atoms with Crippen molar-refractivity contribution in [3.8, 4) is 17.2 Å². The minimum atomic E-state index is -0.367. The fourth-order valence-corrected chi connectivity index (χ4v) is 7.24. The third-order valence-electron chi connectivity index (χ3n) is 9.20. The number of fused-ring (bicyclic) bond motifs is 1. The Morgan fingerprint density at radius 3 is 2.45 bits per heavy atom. The van der Waals surface area contributed by atoms with E-state index in [2.05, 4.69) is 51.3 Å². The molecule has 3 aromatic rings. The highest BCUT2D eigenvalue weighted by Gasteiger charge is 2.39. The maximum absolute atomic E-state index is 12.3. The van der Waals surface area contributed by atoms with E-state index in [-0.39, 0.29) is 27.7 Å². The quantitative estimate of drug-likeness (QED) is 0.231. The topological polar surface area (TPSA) is 68.3 Å². The summed E-state index contributed by atoms with van der Waals surface area (Å²) in [6.07, 6.45) is 4.08. The fourth-order valence-electron chi connectivity index (χ4n) is 6.57. The van der Waals surface area contributed by atoms with Crippen LogP contribution in [0.15, 0.2) is 66.1 Å². The molecule has 0 radical (unpaired) electrons. The molecule has 2 atom stereocenters. The third-order valence-corrected chi connectivity index (χ3v) is 9.98. The van der Waals surface area contributed by atoms with Crippen molar-refractivity contribution in [3.63, 3.8) is 0 Å². The minimum absolute atomic E-state index is 0.244. The maximum Gasteiger partial charge on any atom is 0.298 e. The van der Waals surface area contributed by atoms with Gasteiger partial charge >= 0.3 is 0 Å². The number of imide groups is 1. The van der Waals surface area contributed by atoms with Crippen LogP contribution in [0.2, 0.25) is 0 Å². The van der Waals surface area contributed by atoms with E-state index in [0.29, 0.717) is 24.7 Å². The number of amides is 2. The van der Waals surface area contributed by atoms with Crippen molar-refractivity contribution in [2.24, 2.45) is 0 Å². The van der Waals surface area contributed by atoms with E-state index in [1.54, 1.807) is 12.1 Å². The maximum atomic E-state index is 12.3. The molecule has 230 valence electrons. The summed E-state index contributed by atoms with van der Waals surface area (Å²) in [6, 6.07) is 17.7. The van der Waals surface area contributed by atoms with Crippen molar-refractivity contribution in [2.75, 3.05) is 24.6 Å². The summed E-state index contributed by atoms with van der Waals surface area (Å²) in [5, 5.41) is -0.325. The van der Waals surface area contributed by atoms with Crippen LogP contribution >= 0.6 is 11.8 Å². The molecule has 2 fully saturated rings. The number of likely N-dealkylation sites (tertiary alicyclic amines) is 1. The van der Waals surface area contributed by atoms with Crippen LogP contribution < -0.4 is 19.1 Å². The van der Waals surface area contributed by atoms with Crippen LogP contribution in [0.5, 0.6) is 17.2 Å². The fraction of sp³-hybridized carbons (Fsp3) is 0.389. The Morgan fingerprint density at radius 1 is 1.00 bits per heavy atom. The van der Waals surface area contributed by atoms with E-state index in [1.165, 1.54) is 11.1 Å². The SMILES string of the molecule is C=C1SC(=O)N(c2ccc(OC[C@H]3CCCN3CC3(C)CCc4c(C)c(OCc5ccccc5)c(C)c(C)c4O3)cc2)C1=O. The zero-order valence-electron chi connectivity index (χ0n) is 26.0. The third kappa shape index (κ3) is 5.97. The Kier molecular flexibility index (Phi) is 8.49. The number of hydrogen-bond donors (Lipinski definition) is 0. The van der Waals surface area contributed by atoms with Gasteiger partial charge in [-0.05, 0) is 118 Å². The number of rotatable bonds is 9. The first kappa shape index (κ1) is 30.3. The van der Waals surface area contributed by atoms with Crippen LogP contribution in [0.4, 0.5) is 10.5 Å². The summed E-state index contributed by atoms with van der Waals surface area (Å²) in [5.74, 6) is 2.34. The van der Waals surface area contributed by atoms with Crippen LogP contribution in [-0.2, 0) is 17.8 Å². The molecule has 0 saturated carbocycles. The second kappa shape index (κ2) is 12.3. The zero-order chi connectivity index (χ0) is 31.0. The standard InChI is InChI=1S/C36H40N2O5S/c1-23-24(2)33-31(25(3)32(23)42-20-27-10-7-6-8-11-27)17-18-36(5,43-33)22-37-19-9-12-29(37)21-41-30-15-13-28(14-16-30)38-34(39)26(4)44-35(38)40/h6-8,10-11,13-16,29H,4,9,12,17-22H2,1-3,5H3/t29-,36?/m1/s1. The monoisotopic (exact) mass is 612 g/mol. The normalized spacial score (nSPS) is 21.9. The van der Waals surface area contributed by atoms with Gasteiger partial charge in [0.2, 0.25) is 0 Å². The first-order chi connectivity index (χ1) is 21.1. The molecule has 0 N–H and O–H groups in total. The number of nitrogens with zero attached hydrogens (tertiary/aromatic N) is 2. The highest BCUT2D eigenvalue weighted by molar-refractivity contribution is 8.18. The molecule has 8 heteroatoms. The van der Waals surface area contributed by atoms with Crippen LogP contribution in [0, 0.1) is 20.8 Å². The first-order valence-electron chi connectivity index (χ1n) is 15.3. The highest BCUT2D eigenvalue weighted by Crippen LogP contribution is 2.44. The van der Waals surface area contributed by atoms with E-state index in [0.717, 1.165) is 83.6 Å². The van der Waals surface area contributed by atoms with Gasteiger partial charge < -0.3 is 14.2 Å². The smallest absolute Gasteiger partial charge is 0.298 e. The Labute approximate surface area is 264 Å². The number of anilines is 1. The summed E-state index contributed by atoms with van der Waals surface area (Å²) in [7, 11) is 0. The summed E-state index contributed by atoms with van der Waals surface area (Å²) in [6.45, 7) is 15.3. The van der Waals surface area contributed by atoms with Crippen LogP contribution in [0.25, 0.3) is 0 Å². The molecule has 2 amide bonds. The average Bonchev–Trinajstić information content (AvgIpc) is 3.56. The molecule has 7 nitrogen and oxygen atoms in total. The lowest BCUT2D eigenvalue weighted by molar-refractivity contribution is -0.113. The van der Waals surface area contributed by atoms with Gasteiger partial charge in [0.1, 0.15) is 36.1 Å². The van der Waals surface area contributed by atoms with E-state index in [4.69, 9.17) is 14.2 Å². The predicted molar refractivity (Wildman–Crippen MR) is 175 cm³/mol. The minimum Gasteiger partial charge on any atom is -0.492 e. The van der Waals surface area contributed by atoms with Crippen LogP contribution in [0.1, 0.15) is 54.0 Å². The zero-order valence-corrected chi connectivity index (χ0v) is 26.8. The van der Waals surface area contributed by atoms with E-state index in [9.17, 15) is 9.59 Å². The van der Waals surface area contributed by atoms with Gasteiger partial charge in [-0.15, -0.1) is 0 Å². The average molecular weight is 613 g/mol. The molecule has 3 aromatic carbocycles. The van der Waals surface area contributed by atoms with Gasteiger partial charge in [-0.3, -0.25) is 14.5 Å². The lowest BCUT2D eigenvalue weighted by atomic mass is 9.86. The van der Waals surface area contributed by atoms with E-state index in [1.807, 2.05) is 30.3 Å². The van der Waals surface area contributed by atoms with Crippen LogP contribution in [-0.4, -0.2) is 47.4 Å². The van der Waals surface area contributed by atoms with Crippen molar-refractivity contribution >= 4 is 28.6 Å². The second-order valence-corrected chi connectivity index (χ2v) is 13.4. The molecule has 2 saturated heterocycles. The highest BCUT2D eigenvalue weighted by atomic mass is 32.2. The second-order valence-electron chi connectivity index (χ2n) is 12.3. The summed E-state index contributed by atoms with van der Waals surface area (Å²) >= 11 is 0.867. The Hall–Kier alpha value is -3.75.